The van der Waals surface area contributed by atoms with E-state index in [1.807, 2.05) is 14.1 Å². The average molecular weight is 298 g/mol. The third-order valence-corrected chi connectivity index (χ3v) is 5.64. The molecule has 1 unspecified atom stereocenters. The second kappa shape index (κ2) is 7.05. The number of alkyl halides is 1. The largest absolute Gasteiger partial charge is 0.305 e. The van der Waals surface area contributed by atoms with E-state index < -0.39 is 10.2 Å². The Morgan fingerprint density at radius 1 is 1.33 bits per heavy atom. The fourth-order valence-electron chi connectivity index (χ4n) is 2.15. The number of rotatable bonds is 6. The first-order valence-electron chi connectivity index (χ1n) is 6.33. The molecule has 0 N–H and O–H groups in total. The van der Waals surface area contributed by atoms with Crippen LogP contribution in [0.4, 0.5) is 0 Å². The van der Waals surface area contributed by atoms with Gasteiger partial charge in [0.15, 0.2) is 0 Å². The smallest absolute Gasteiger partial charge is 0.281 e. The number of likely N-dealkylation sites (N-methyl/N-ethyl adjacent to an activating group) is 1. The van der Waals surface area contributed by atoms with Crippen molar-refractivity contribution < 1.29 is 8.42 Å². The molecule has 7 heteroatoms. The molecule has 0 aliphatic carbocycles. The average Bonchev–Trinajstić information content (AvgIpc) is 2.35. The molecule has 1 aliphatic heterocycles. The molecule has 1 rings (SSSR count). The highest BCUT2D eigenvalue weighted by atomic mass is 35.5. The summed E-state index contributed by atoms with van der Waals surface area (Å²) in [6.07, 6.45) is 2.66. The van der Waals surface area contributed by atoms with E-state index in [1.165, 1.54) is 4.31 Å². The summed E-state index contributed by atoms with van der Waals surface area (Å²) in [5, 5.41) is 0. The normalized spacial score (nSPS) is 22.9. The minimum atomic E-state index is -3.32. The van der Waals surface area contributed by atoms with Gasteiger partial charge in [0.05, 0.1) is 0 Å². The summed E-state index contributed by atoms with van der Waals surface area (Å²) < 4.78 is 27.7. The fraction of sp³-hybridized carbons (Fsp3) is 1.00. The summed E-state index contributed by atoms with van der Waals surface area (Å²) in [7, 11) is 2.30. The lowest BCUT2D eigenvalue weighted by atomic mass is 10.1. The van der Waals surface area contributed by atoms with E-state index in [0.29, 0.717) is 38.0 Å². The third kappa shape index (κ3) is 4.06. The van der Waals surface area contributed by atoms with Crippen molar-refractivity contribution >= 4 is 21.8 Å². The van der Waals surface area contributed by atoms with Crippen molar-refractivity contribution in [2.45, 2.75) is 25.3 Å². The van der Waals surface area contributed by atoms with Gasteiger partial charge in [0.25, 0.3) is 10.2 Å². The standard InChI is InChI=1S/C11H24ClN3O2S/c1-13(2)11-6-4-9-15(10-11)18(16,17)14(3)8-5-7-12/h11H,4-10H2,1-3H3. The first-order valence-corrected chi connectivity index (χ1v) is 8.26. The van der Waals surface area contributed by atoms with Crippen molar-refractivity contribution in [1.29, 1.82) is 0 Å². The van der Waals surface area contributed by atoms with Crippen LogP contribution >= 0.6 is 11.6 Å². The van der Waals surface area contributed by atoms with Crippen molar-refractivity contribution in [1.82, 2.24) is 13.5 Å². The summed E-state index contributed by atoms with van der Waals surface area (Å²) in [5.74, 6) is 0.486. The molecule has 0 saturated carbocycles. The molecule has 5 nitrogen and oxygen atoms in total. The van der Waals surface area contributed by atoms with Crippen LogP contribution in [0.1, 0.15) is 19.3 Å². The predicted molar refractivity (Wildman–Crippen MR) is 75.2 cm³/mol. The molecule has 1 aliphatic rings. The van der Waals surface area contributed by atoms with Gasteiger partial charge in [-0.05, 0) is 33.4 Å². The maximum Gasteiger partial charge on any atom is 0.281 e. The molecule has 1 atom stereocenters. The van der Waals surface area contributed by atoms with Gasteiger partial charge in [-0.2, -0.15) is 17.0 Å². The lowest BCUT2D eigenvalue weighted by Crippen LogP contribution is -2.51. The van der Waals surface area contributed by atoms with Crippen molar-refractivity contribution in [2.24, 2.45) is 0 Å². The number of hydrogen-bond acceptors (Lipinski definition) is 3. The van der Waals surface area contributed by atoms with Crippen molar-refractivity contribution in [2.75, 3.05) is 46.7 Å². The molecule has 18 heavy (non-hydrogen) atoms. The number of nitrogens with zero attached hydrogens (tertiary/aromatic N) is 3. The summed E-state index contributed by atoms with van der Waals surface area (Å²) >= 11 is 5.60. The molecule has 1 heterocycles. The Kier molecular flexibility index (Phi) is 6.34. The summed E-state index contributed by atoms with van der Waals surface area (Å²) in [6, 6.07) is 0.315. The summed E-state index contributed by atoms with van der Waals surface area (Å²) in [4.78, 5) is 2.10. The summed E-state index contributed by atoms with van der Waals surface area (Å²) in [5.41, 5.74) is 0. The Morgan fingerprint density at radius 2 is 2.00 bits per heavy atom. The minimum Gasteiger partial charge on any atom is -0.305 e. The van der Waals surface area contributed by atoms with Gasteiger partial charge in [-0.1, -0.05) is 0 Å². The van der Waals surface area contributed by atoms with E-state index in [4.69, 9.17) is 11.6 Å². The molecule has 1 fully saturated rings. The molecule has 0 aromatic rings. The summed E-state index contributed by atoms with van der Waals surface area (Å²) in [6.45, 7) is 1.69. The Hall–Kier alpha value is 0.120. The monoisotopic (exact) mass is 297 g/mol. The third-order valence-electron chi connectivity index (χ3n) is 3.42. The Labute approximate surface area is 116 Å². The van der Waals surface area contributed by atoms with Crippen LogP contribution in [-0.4, -0.2) is 74.6 Å². The molecule has 0 aromatic heterocycles. The minimum absolute atomic E-state index is 0.315. The van der Waals surface area contributed by atoms with Gasteiger partial charge < -0.3 is 4.90 Å². The number of halogens is 1. The quantitative estimate of drug-likeness (QED) is 0.682. The Morgan fingerprint density at radius 3 is 2.56 bits per heavy atom. The molecule has 0 aromatic carbocycles. The molecule has 1 saturated heterocycles. The highest BCUT2D eigenvalue weighted by Crippen LogP contribution is 2.18. The SMILES string of the molecule is CN(C)C1CCCN(S(=O)(=O)N(C)CCCCl)C1. The molecule has 0 amide bonds. The van der Waals surface area contributed by atoms with Crippen LogP contribution in [0.15, 0.2) is 0 Å². The van der Waals surface area contributed by atoms with Gasteiger partial charge in [0.1, 0.15) is 0 Å². The first-order chi connectivity index (χ1) is 8.39. The van der Waals surface area contributed by atoms with Gasteiger partial charge in [-0.25, -0.2) is 0 Å². The Balaban J connectivity index is 2.66. The van der Waals surface area contributed by atoms with Gasteiger partial charge in [-0.3, -0.25) is 0 Å². The van der Waals surface area contributed by atoms with Gasteiger partial charge in [-0.15, -0.1) is 11.6 Å². The highest BCUT2D eigenvalue weighted by molar-refractivity contribution is 7.86. The molecular weight excluding hydrogens is 274 g/mol. The maximum atomic E-state index is 12.3. The van der Waals surface area contributed by atoms with Crippen LogP contribution in [0.5, 0.6) is 0 Å². The first kappa shape index (κ1) is 16.2. The topological polar surface area (TPSA) is 43.9 Å². The van der Waals surface area contributed by atoms with Crippen LogP contribution < -0.4 is 0 Å². The van der Waals surface area contributed by atoms with Crippen LogP contribution in [0.3, 0.4) is 0 Å². The zero-order valence-electron chi connectivity index (χ0n) is 11.5. The maximum absolute atomic E-state index is 12.3. The molecule has 0 bridgehead atoms. The number of hydrogen-bond donors (Lipinski definition) is 0. The second-order valence-electron chi connectivity index (χ2n) is 4.99. The van der Waals surface area contributed by atoms with Crippen LogP contribution in [0, 0.1) is 0 Å². The second-order valence-corrected chi connectivity index (χ2v) is 7.40. The van der Waals surface area contributed by atoms with E-state index in [-0.39, 0.29) is 0 Å². The lowest BCUT2D eigenvalue weighted by molar-refractivity contribution is 0.184. The van der Waals surface area contributed by atoms with Crippen molar-refractivity contribution in [3.8, 4) is 0 Å². The predicted octanol–water partition coefficient (Wildman–Crippen LogP) is 0.818. The zero-order valence-corrected chi connectivity index (χ0v) is 13.0. The highest BCUT2D eigenvalue weighted by Gasteiger charge is 2.32. The van der Waals surface area contributed by atoms with Gasteiger partial charge in [0.2, 0.25) is 0 Å². The van der Waals surface area contributed by atoms with Gasteiger partial charge in [0, 0.05) is 38.6 Å². The molecule has 108 valence electrons. The van der Waals surface area contributed by atoms with E-state index in [1.54, 1.807) is 11.4 Å². The zero-order chi connectivity index (χ0) is 13.8. The van der Waals surface area contributed by atoms with Gasteiger partial charge >= 0.3 is 0 Å². The number of piperidine rings is 1. The molecule has 0 radical (unpaired) electrons. The van der Waals surface area contributed by atoms with E-state index in [9.17, 15) is 8.42 Å². The van der Waals surface area contributed by atoms with Crippen molar-refractivity contribution in [3.05, 3.63) is 0 Å². The van der Waals surface area contributed by atoms with E-state index in [2.05, 4.69) is 4.90 Å². The fourth-order valence-corrected chi connectivity index (χ4v) is 3.74. The molecular formula is C11H24ClN3O2S. The van der Waals surface area contributed by atoms with E-state index in [0.717, 1.165) is 12.8 Å². The van der Waals surface area contributed by atoms with Crippen LogP contribution in [0.2, 0.25) is 0 Å². The van der Waals surface area contributed by atoms with Crippen LogP contribution in [-0.2, 0) is 10.2 Å². The van der Waals surface area contributed by atoms with Crippen LogP contribution in [0.25, 0.3) is 0 Å². The Bertz CT molecular complexity index is 348. The molecule has 0 spiro atoms. The van der Waals surface area contributed by atoms with E-state index >= 15 is 0 Å². The lowest BCUT2D eigenvalue weighted by Gasteiger charge is -2.37. The van der Waals surface area contributed by atoms with Crippen molar-refractivity contribution in [3.63, 3.8) is 0 Å².